The fourth-order valence-electron chi connectivity index (χ4n) is 2.16. The van der Waals surface area contributed by atoms with Gasteiger partial charge in [0.2, 0.25) is 5.76 Å². The Morgan fingerprint density at radius 2 is 2.24 bits per heavy atom. The van der Waals surface area contributed by atoms with Gasteiger partial charge in [-0.3, -0.25) is 0 Å². The van der Waals surface area contributed by atoms with Crippen molar-refractivity contribution in [1.29, 1.82) is 0 Å². The fraction of sp³-hybridized carbons (Fsp3) is 0.333. The average molecular weight is 291 g/mol. The van der Waals surface area contributed by atoms with Gasteiger partial charge in [-0.05, 0) is 37.0 Å². The van der Waals surface area contributed by atoms with Gasteiger partial charge in [0.05, 0.1) is 6.61 Å². The van der Waals surface area contributed by atoms with Gasteiger partial charge in [-0.1, -0.05) is 11.6 Å². The SMILES string of the molecule is O=C(O)c1cc(-c2ccc(OCC3CCC3)c(F)c2)no1. The minimum absolute atomic E-state index is 0.201. The van der Waals surface area contributed by atoms with Crippen LogP contribution in [-0.2, 0) is 0 Å². The van der Waals surface area contributed by atoms with E-state index in [-0.39, 0.29) is 17.2 Å². The molecule has 1 fully saturated rings. The number of ether oxygens (including phenoxy) is 1. The number of carbonyl (C=O) groups is 1. The first-order valence-electron chi connectivity index (χ1n) is 6.76. The second kappa shape index (κ2) is 5.55. The van der Waals surface area contributed by atoms with E-state index in [4.69, 9.17) is 9.84 Å². The molecule has 0 spiro atoms. The number of benzene rings is 1. The van der Waals surface area contributed by atoms with Gasteiger partial charge in [0.25, 0.3) is 0 Å². The normalized spacial score (nSPS) is 14.7. The summed E-state index contributed by atoms with van der Waals surface area (Å²) in [4.78, 5) is 10.7. The third-order valence-corrected chi connectivity index (χ3v) is 3.65. The summed E-state index contributed by atoms with van der Waals surface area (Å²) in [7, 11) is 0. The third-order valence-electron chi connectivity index (χ3n) is 3.65. The standard InChI is InChI=1S/C15H14FNO4/c16-11-6-10(12-7-14(15(18)19)21-17-12)4-5-13(11)20-8-9-2-1-3-9/h4-7,9H,1-3,8H2,(H,18,19). The zero-order chi connectivity index (χ0) is 14.8. The van der Waals surface area contributed by atoms with Crippen molar-refractivity contribution in [1.82, 2.24) is 5.16 Å². The lowest BCUT2D eigenvalue weighted by Gasteiger charge is -2.25. The molecule has 0 unspecified atom stereocenters. The number of aromatic carboxylic acids is 1. The van der Waals surface area contributed by atoms with Crippen LogP contribution in [-0.4, -0.2) is 22.8 Å². The minimum Gasteiger partial charge on any atom is -0.490 e. The van der Waals surface area contributed by atoms with Crippen LogP contribution in [0.5, 0.6) is 5.75 Å². The van der Waals surface area contributed by atoms with E-state index in [1.807, 2.05) is 0 Å². The van der Waals surface area contributed by atoms with E-state index >= 15 is 0 Å². The van der Waals surface area contributed by atoms with Crippen molar-refractivity contribution in [3.8, 4) is 17.0 Å². The molecule has 21 heavy (non-hydrogen) atoms. The first-order valence-corrected chi connectivity index (χ1v) is 6.76. The van der Waals surface area contributed by atoms with Crippen molar-refractivity contribution in [2.24, 2.45) is 5.92 Å². The average Bonchev–Trinajstić information content (AvgIpc) is 2.88. The maximum absolute atomic E-state index is 14.0. The number of nitrogens with zero attached hydrogens (tertiary/aromatic N) is 1. The molecule has 0 atom stereocenters. The quantitative estimate of drug-likeness (QED) is 0.914. The second-order valence-corrected chi connectivity index (χ2v) is 5.13. The van der Waals surface area contributed by atoms with E-state index in [9.17, 15) is 9.18 Å². The molecule has 0 aliphatic heterocycles. The zero-order valence-corrected chi connectivity index (χ0v) is 11.2. The molecule has 3 rings (SSSR count). The molecule has 0 bridgehead atoms. The van der Waals surface area contributed by atoms with Crippen LogP contribution >= 0.6 is 0 Å². The lowest BCUT2D eigenvalue weighted by atomic mass is 9.86. The number of carboxylic acid groups (broad SMARTS) is 1. The van der Waals surface area contributed by atoms with Crippen molar-refractivity contribution < 1.29 is 23.6 Å². The van der Waals surface area contributed by atoms with Crippen molar-refractivity contribution in [3.05, 3.63) is 35.8 Å². The maximum Gasteiger partial charge on any atom is 0.374 e. The fourth-order valence-corrected chi connectivity index (χ4v) is 2.16. The molecule has 6 heteroatoms. The van der Waals surface area contributed by atoms with E-state index in [0.29, 0.717) is 18.1 Å². The molecule has 1 aliphatic rings. The van der Waals surface area contributed by atoms with Gasteiger partial charge in [0.15, 0.2) is 11.6 Å². The molecule has 1 aromatic carbocycles. The lowest BCUT2D eigenvalue weighted by Crippen LogP contribution is -2.19. The largest absolute Gasteiger partial charge is 0.490 e. The Labute approximate surface area is 120 Å². The molecule has 0 amide bonds. The Bertz CT molecular complexity index is 663. The molecule has 5 nitrogen and oxygen atoms in total. The summed E-state index contributed by atoms with van der Waals surface area (Å²) in [5, 5.41) is 12.4. The summed E-state index contributed by atoms with van der Waals surface area (Å²) >= 11 is 0. The van der Waals surface area contributed by atoms with Crippen LogP contribution in [0.4, 0.5) is 4.39 Å². The molecule has 1 saturated carbocycles. The Morgan fingerprint density at radius 1 is 1.43 bits per heavy atom. The number of hydrogen-bond acceptors (Lipinski definition) is 4. The summed E-state index contributed by atoms with van der Waals surface area (Å²) in [5.74, 6) is -1.26. The second-order valence-electron chi connectivity index (χ2n) is 5.13. The van der Waals surface area contributed by atoms with E-state index in [0.717, 1.165) is 12.8 Å². The molecule has 2 aromatic rings. The summed E-state index contributed by atoms with van der Waals surface area (Å²) in [6.07, 6.45) is 3.49. The molecule has 110 valence electrons. The summed E-state index contributed by atoms with van der Waals surface area (Å²) < 4.78 is 24.1. The van der Waals surface area contributed by atoms with Gasteiger partial charge in [0, 0.05) is 11.6 Å². The van der Waals surface area contributed by atoms with Crippen LogP contribution in [0.1, 0.15) is 29.8 Å². The van der Waals surface area contributed by atoms with Gasteiger partial charge < -0.3 is 14.4 Å². The monoisotopic (exact) mass is 291 g/mol. The van der Waals surface area contributed by atoms with E-state index in [1.54, 1.807) is 6.07 Å². The molecule has 1 aliphatic carbocycles. The molecule has 0 saturated heterocycles. The Hall–Kier alpha value is -2.37. The minimum atomic E-state index is -1.21. The molecular weight excluding hydrogens is 277 g/mol. The van der Waals surface area contributed by atoms with Crippen LogP contribution < -0.4 is 4.74 Å². The van der Waals surface area contributed by atoms with Crippen LogP contribution in [0, 0.1) is 11.7 Å². The Balaban J connectivity index is 1.74. The zero-order valence-electron chi connectivity index (χ0n) is 11.2. The summed E-state index contributed by atoms with van der Waals surface area (Å²) in [6.45, 7) is 0.531. The number of carboxylic acids is 1. The molecule has 1 N–H and O–H groups in total. The smallest absolute Gasteiger partial charge is 0.374 e. The molecule has 1 aromatic heterocycles. The van der Waals surface area contributed by atoms with Crippen molar-refractivity contribution in [2.45, 2.75) is 19.3 Å². The van der Waals surface area contributed by atoms with Gasteiger partial charge >= 0.3 is 5.97 Å². The van der Waals surface area contributed by atoms with Gasteiger partial charge in [-0.2, -0.15) is 0 Å². The van der Waals surface area contributed by atoms with Crippen LogP contribution in [0.2, 0.25) is 0 Å². The highest BCUT2D eigenvalue weighted by atomic mass is 19.1. The molecule has 0 radical (unpaired) electrons. The van der Waals surface area contributed by atoms with Gasteiger partial charge in [-0.25, -0.2) is 9.18 Å². The van der Waals surface area contributed by atoms with Crippen molar-refractivity contribution in [2.75, 3.05) is 6.61 Å². The first kappa shape index (κ1) is 13.6. The lowest BCUT2D eigenvalue weighted by molar-refractivity contribution is 0.0652. The summed E-state index contributed by atoms with van der Waals surface area (Å²) in [5.41, 5.74) is 0.719. The van der Waals surface area contributed by atoms with Crippen LogP contribution in [0.25, 0.3) is 11.3 Å². The summed E-state index contributed by atoms with van der Waals surface area (Å²) in [6, 6.07) is 5.67. The molecular formula is C15H14FNO4. The predicted molar refractivity (Wildman–Crippen MR) is 71.7 cm³/mol. The maximum atomic E-state index is 14.0. The molecule has 1 heterocycles. The van der Waals surface area contributed by atoms with Crippen molar-refractivity contribution in [3.63, 3.8) is 0 Å². The highest BCUT2D eigenvalue weighted by Gasteiger charge is 2.19. The number of rotatable bonds is 5. The topological polar surface area (TPSA) is 72.6 Å². The van der Waals surface area contributed by atoms with E-state index < -0.39 is 11.8 Å². The van der Waals surface area contributed by atoms with E-state index in [2.05, 4.69) is 9.68 Å². The highest BCUT2D eigenvalue weighted by Crippen LogP contribution is 2.29. The van der Waals surface area contributed by atoms with Crippen LogP contribution in [0.15, 0.2) is 28.8 Å². The van der Waals surface area contributed by atoms with Gasteiger partial charge in [-0.15, -0.1) is 0 Å². The number of aromatic nitrogens is 1. The first-order chi connectivity index (χ1) is 10.1. The predicted octanol–water partition coefficient (Wildman–Crippen LogP) is 3.36. The Kier molecular flexibility index (Phi) is 3.60. The van der Waals surface area contributed by atoms with Crippen LogP contribution in [0.3, 0.4) is 0 Å². The third kappa shape index (κ3) is 2.89. The highest BCUT2D eigenvalue weighted by molar-refractivity contribution is 5.85. The Morgan fingerprint density at radius 3 is 2.81 bits per heavy atom. The number of halogens is 1. The van der Waals surface area contributed by atoms with E-state index in [1.165, 1.54) is 24.6 Å². The van der Waals surface area contributed by atoms with Crippen molar-refractivity contribution >= 4 is 5.97 Å². The van der Waals surface area contributed by atoms with Gasteiger partial charge in [0.1, 0.15) is 5.69 Å². The number of hydrogen-bond donors (Lipinski definition) is 1.